The zero-order valence-corrected chi connectivity index (χ0v) is 18.5. The summed E-state index contributed by atoms with van der Waals surface area (Å²) in [5.41, 5.74) is 3.23. The van der Waals surface area contributed by atoms with Crippen LogP contribution in [0.1, 0.15) is 50.6 Å². The van der Waals surface area contributed by atoms with Crippen LogP contribution in [-0.2, 0) is 0 Å². The van der Waals surface area contributed by atoms with Gasteiger partial charge in [-0.1, -0.05) is 50.1 Å². The van der Waals surface area contributed by atoms with Crippen molar-refractivity contribution in [2.45, 2.75) is 51.1 Å². The van der Waals surface area contributed by atoms with Gasteiger partial charge in [-0.3, -0.25) is 0 Å². The van der Waals surface area contributed by atoms with E-state index in [4.69, 9.17) is 9.97 Å². The molecule has 0 spiro atoms. The van der Waals surface area contributed by atoms with E-state index >= 15 is 0 Å². The molecule has 2 N–H and O–H groups in total. The van der Waals surface area contributed by atoms with Gasteiger partial charge in [-0.05, 0) is 48.4 Å². The molecule has 3 aromatic heterocycles. The lowest BCUT2D eigenvalue weighted by Crippen LogP contribution is -2.16. The third-order valence-corrected chi connectivity index (χ3v) is 6.86. The Morgan fingerprint density at radius 1 is 1.06 bits per heavy atom. The molecule has 0 amide bonds. The highest BCUT2D eigenvalue weighted by Gasteiger charge is 2.18. The fourth-order valence-corrected chi connectivity index (χ4v) is 5.07. The zero-order valence-electron chi connectivity index (χ0n) is 17.7. The highest BCUT2D eigenvalue weighted by molar-refractivity contribution is 7.17. The SMILES string of the molecule is CC[C@@H](Nc1cc(-c2nc(NC3CCCC3)c3sccc3n2)ccn1)c1ccccc1. The van der Waals surface area contributed by atoms with Crippen LogP contribution >= 0.6 is 11.3 Å². The number of nitrogens with one attached hydrogen (secondary N) is 2. The van der Waals surface area contributed by atoms with E-state index in [9.17, 15) is 0 Å². The van der Waals surface area contributed by atoms with Crippen molar-refractivity contribution in [3.8, 4) is 11.4 Å². The summed E-state index contributed by atoms with van der Waals surface area (Å²) < 4.78 is 1.14. The minimum absolute atomic E-state index is 0.212. The fraction of sp³-hybridized carbons (Fsp3) is 0.320. The molecule has 1 aromatic carbocycles. The molecule has 0 bridgehead atoms. The second-order valence-corrected chi connectivity index (χ2v) is 9.02. The Morgan fingerprint density at radius 3 is 2.71 bits per heavy atom. The standard InChI is InChI=1S/C25H27N5S/c1-2-20(17-8-4-3-5-9-17)28-22-16-18(12-14-26-22)24-29-21-13-15-31-23(21)25(30-24)27-19-10-6-7-11-19/h3-5,8-9,12-16,19-20H,2,6-7,10-11H2,1H3,(H,26,28)(H,27,29,30)/t20-/m1/s1. The maximum absolute atomic E-state index is 4.94. The van der Waals surface area contributed by atoms with Gasteiger partial charge in [0.05, 0.1) is 16.3 Å². The summed E-state index contributed by atoms with van der Waals surface area (Å²) in [5, 5.41) is 9.36. The smallest absolute Gasteiger partial charge is 0.162 e. The van der Waals surface area contributed by atoms with Gasteiger partial charge in [0.25, 0.3) is 0 Å². The summed E-state index contributed by atoms with van der Waals surface area (Å²) in [6.45, 7) is 2.18. The van der Waals surface area contributed by atoms with Crippen LogP contribution in [0.2, 0.25) is 0 Å². The Morgan fingerprint density at radius 2 is 1.90 bits per heavy atom. The lowest BCUT2D eigenvalue weighted by Gasteiger charge is -2.18. The van der Waals surface area contributed by atoms with Crippen molar-refractivity contribution in [2.24, 2.45) is 0 Å². The summed E-state index contributed by atoms with van der Waals surface area (Å²) >= 11 is 1.70. The molecule has 0 aliphatic heterocycles. The van der Waals surface area contributed by atoms with Crippen LogP contribution in [0, 0.1) is 0 Å². The van der Waals surface area contributed by atoms with Gasteiger partial charge in [-0.15, -0.1) is 11.3 Å². The average molecular weight is 430 g/mol. The molecule has 0 radical (unpaired) electrons. The number of nitrogens with zero attached hydrogens (tertiary/aromatic N) is 3. The lowest BCUT2D eigenvalue weighted by molar-refractivity contribution is 0.744. The van der Waals surface area contributed by atoms with Crippen LogP contribution < -0.4 is 10.6 Å². The number of anilines is 2. The number of hydrogen-bond acceptors (Lipinski definition) is 6. The predicted molar refractivity (Wildman–Crippen MR) is 130 cm³/mol. The Balaban J connectivity index is 1.45. The molecule has 5 rings (SSSR count). The van der Waals surface area contributed by atoms with Gasteiger partial charge >= 0.3 is 0 Å². The number of aromatic nitrogens is 3. The van der Waals surface area contributed by atoms with Crippen molar-refractivity contribution < 1.29 is 0 Å². The van der Waals surface area contributed by atoms with Gasteiger partial charge in [-0.25, -0.2) is 15.0 Å². The van der Waals surface area contributed by atoms with Gasteiger partial charge in [0.2, 0.25) is 0 Å². The summed E-state index contributed by atoms with van der Waals surface area (Å²) in [7, 11) is 0. The maximum Gasteiger partial charge on any atom is 0.162 e. The molecular weight excluding hydrogens is 402 g/mol. The molecule has 0 unspecified atom stereocenters. The molecule has 3 heterocycles. The van der Waals surface area contributed by atoms with Crippen LogP contribution in [-0.4, -0.2) is 21.0 Å². The highest BCUT2D eigenvalue weighted by atomic mass is 32.1. The van der Waals surface area contributed by atoms with Crippen LogP contribution in [0.15, 0.2) is 60.1 Å². The number of pyridine rings is 1. The molecule has 31 heavy (non-hydrogen) atoms. The van der Waals surface area contributed by atoms with Crippen LogP contribution in [0.25, 0.3) is 21.6 Å². The maximum atomic E-state index is 4.94. The number of rotatable bonds is 7. The Hall–Kier alpha value is -2.99. The topological polar surface area (TPSA) is 62.7 Å². The molecule has 1 atom stereocenters. The van der Waals surface area contributed by atoms with Gasteiger partial charge in [0, 0.05) is 17.8 Å². The first kappa shape index (κ1) is 19.9. The van der Waals surface area contributed by atoms with Crippen LogP contribution in [0.4, 0.5) is 11.6 Å². The molecule has 6 heteroatoms. The zero-order chi connectivity index (χ0) is 21.0. The normalized spacial score (nSPS) is 15.3. The number of hydrogen-bond donors (Lipinski definition) is 2. The minimum atomic E-state index is 0.212. The van der Waals surface area contributed by atoms with E-state index in [-0.39, 0.29) is 6.04 Å². The van der Waals surface area contributed by atoms with Crippen molar-refractivity contribution in [1.29, 1.82) is 0 Å². The summed E-state index contributed by atoms with van der Waals surface area (Å²) in [6.07, 6.45) is 7.83. The summed E-state index contributed by atoms with van der Waals surface area (Å²) in [4.78, 5) is 14.3. The Bertz CT molecular complexity index is 1150. The quantitative estimate of drug-likeness (QED) is 0.343. The van der Waals surface area contributed by atoms with Crippen molar-refractivity contribution in [3.05, 3.63) is 65.7 Å². The van der Waals surface area contributed by atoms with Crippen molar-refractivity contribution >= 4 is 33.2 Å². The highest BCUT2D eigenvalue weighted by Crippen LogP contribution is 2.32. The number of fused-ring (bicyclic) bond motifs is 1. The van der Waals surface area contributed by atoms with Gasteiger partial charge in [0.1, 0.15) is 11.6 Å². The van der Waals surface area contributed by atoms with E-state index in [0.717, 1.165) is 39.7 Å². The largest absolute Gasteiger partial charge is 0.366 e. The Labute approximate surface area is 187 Å². The third-order valence-electron chi connectivity index (χ3n) is 5.95. The summed E-state index contributed by atoms with van der Waals surface area (Å²) in [6, 6.07) is 17.3. The molecule has 5 nitrogen and oxygen atoms in total. The fourth-order valence-electron chi connectivity index (χ4n) is 4.29. The van der Waals surface area contributed by atoms with Crippen molar-refractivity contribution in [2.75, 3.05) is 10.6 Å². The first-order valence-electron chi connectivity index (χ1n) is 11.1. The molecule has 1 fully saturated rings. The summed E-state index contributed by atoms with van der Waals surface area (Å²) in [5.74, 6) is 2.54. The van der Waals surface area contributed by atoms with E-state index in [1.165, 1.54) is 31.2 Å². The van der Waals surface area contributed by atoms with Gasteiger partial charge < -0.3 is 10.6 Å². The third kappa shape index (κ3) is 4.39. The molecule has 1 aliphatic rings. The number of thiophene rings is 1. The first-order chi connectivity index (χ1) is 15.3. The molecule has 1 saturated carbocycles. The second-order valence-electron chi connectivity index (χ2n) is 8.10. The van der Waals surface area contributed by atoms with E-state index in [1.54, 1.807) is 11.3 Å². The van der Waals surface area contributed by atoms with E-state index in [2.05, 4.69) is 64.3 Å². The first-order valence-corrected chi connectivity index (χ1v) is 12.0. The van der Waals surface area contributed by atoms with Crippen LogP contribution in [0.3, 0.4) is 0 Å². The predicted octanol–water partition coefficient (Wildman–Crippen LogP) is 6.67. The average Bonchev–Trinajstić information content (AvgIpc) is 3.50. The lowest BCUT2D eigenvalue weighted by atomic mass is 10.0. The molecule has 1 aliphatic carbocycles. The second kappa shape index (κ2) is 9.02. The van der Waals surface area contributed by atoms with E-state index in [0.29, 0.717) is 6.04 Å². The molecule has 0 saturated heterocycles. The minimum Gasteiger partial charge on any atom is -0.366 e. The van der Waals surface area contributed by atoms with Crippen LogP contribution in [0.5, 0.6) is 0 Å². The monoisotopic (exact) mass is 429 g/mol. The van der Waals surface area contributed by atoms with Gasteiger partial charge in [0.15, 0.2) is 5.82 Å². The molecule has 158 valence electrons. The molecule has 4 aromatic rings. The van der Waals surface area contributed by atoms with Crippen molar-refractivity contribution in [3.63, 3.8) is 0 Å². The van der Waals surface area contributed by atoms with E-state index in [1.807, 2.05) is 18.3 Å². The van der Waals surface area contributed by atoms with Crippen molar-refractivity contribution in [1.82, 2.24) is 15.0 Å². The van der Waals surface area contributed by atoms with E-state index < -0.39 is 0 Å². The molecular formula is C25H27N5S. The number of benzene rings is 1. The van der Waals surface area contributed by atoms with Gasteiger partial charge in [-0.2, -0.15) is 0 Å². The Kier molecular flexibility index (Phi) is 5.80.